The third-order valence-corrected chi connectivity index (χ3v) is 4.73. The molecule has 1 amide bonds. The van der Waals surface area contributed by atoms with Gasteiger partial charge in [0.15, 0.2) is 0 Å². The number of piperidine rings is 1. The first kappa shape index (κ1) is 28.4. The molecule has 0 bridgehead atoms. The molecule has 1 fully saturated rings. The molecule has 0 saturated carbocycles. The number of hydroxylamine groups is 1. The molecule has 3 N–H and O–H groups in total. The molecule has 0 spiro atoms. The predicted octanol–water partition coefficient (Wildman–Crippen LogP) is 3.99. The molecule has 2 aromatic rings. The molecule has 0 radical (unpaired) electrons. The lowest BCUT2D eigenvalue weighted by Gasteiger charge is -2.32. The van der Waals surface area contributed by atoms with Crippen LogP contribution in [0.3, 0.4) is 0 Å². The number of amides is 1. The smallest absolute Gasteiger partial charge is 0.267 e. The lowest BCUT2D eigenvalue weighted by atomic mass is 10.0. The largest absolute Gasteiger partial charge is 0.366 e. The summed E-state index contributed by atoms with van der Waals surface area (Å²) in [5.74, 6) is 0.0365. The van der Waals surface area contributed by atoms with Crippen molar-refractivity contribution in [2.75, 3.05) is 18.4 Å². The monoisotopic (exact) mass is 495 g/mol. The molecular weight excluding hydrogens is 472 g/mol. The molecule has 0 unspecified atom stereocenters. The number of rotatable bonds is 6. The fraction of sp³-hybridized carbons (Fsp3) is 0.316. The second-order valence-electron chi connectivity index (χ2n) is 6.42. The van der Waals surface area contributed by atoms with Gasteiger partial charge in [0.2, 0.25) is 0 Å². The molecule has 1 saturated heterocycles. The van der Waals surface area contributed by atoms with Crippen LogP contribution in [-0.2, 0) is 11.3 Å². The number of carbonyl (C=O) groups is 1. The number of pyridine rings is 2. The summed E-state index contributed by atoms with van der Waals surface area (Å²) in [5, 5.41) is 12.4. The fourth-order valence-electron chi connectivity index (χ4n) is 3.01. The highest BCUT2D eigenvalue weighted by Crippen LogP contribution is 2.24. The van der Waals surface area contributed by atoms with Crippen LogP contribution < -0.4 is 10.8 Å². The first-order valence-electron chi connectivity index (χ1n) is 8.80. The Hall–Kier alpha value is -1.61. The maximum Gasteiger partial charge on any atom is 0.267 e. The number of nitrogens with zero attached hydrogens (tertiary/aromatic N) is 3. The third-order valence-electron chi connectivity index (χ3n) is 4.44. The number of carbonyl (C=O) groups excluding carboxylic acids is 1. The number of halogens is 4. The minimum absolute atomic E-state index is 0. The fourth-order valence-corrected chi connectivity index (χ4v) is 3.24. The van der Waals surface area contributed by atoms with E-state index in [2.05, 4.69) is 20.2 Å². The van der Waals surface area contributed by atoms with Crippen LogP contribution in [0.1, 0.15) is 24.1 Å². The van der Waals surface area contributed by atoms with Crippen LogP contribution in [0.4, 0.5) is 5.82 Å². The molecule has 7 nitrogen and oxygen atoms in total. The van der Waals surface area contributed by atoms with Gasteiger partial charge >= 0.3 is 0 Å². The Labute approximate surface area is 199 Å². The van der Waals surface area contributed by atoms with Gasteiger partial charge in [-0.15, -0.1) is 37.2 Å². The number of anilines is 1. The number of hydrogen-bond acceptors (Lipinski definition) is 6. The topological polar surface area (TPSA) is 90.4 Å². The third kappa shape index (κ3) is 8.63. The maximum atomic E-state index is 11.0. The molecule has 1 aliphatic rings. The van der Waals surface area contributed by atoms with Gasteiger partial charge in [-0.05, 0) is 42.7 Å². The van der Waals surface area contributed by atoms with Crippen LogP contribution in [0.5, 0.6) is 0 Å². The Morgan fingerprint density at radius 3 is 2.57 bits per heavy atom. The van der Waals surface area contributed by atoms with Gasteiger partial charge in [-0.3, -0.25) is 19.9 Å². The minimum Gasteiger partial charge on any atom is -0.366 e. The van der Waals surface area contributed by atoms with E-state index in [4.69, 9.17) is 16.8 Å². The van der Waals surface area contributed by atoms with Gasteiger partial charge < -0.3 is 5.32 Å². The van der Waals surface area contributed by atoms with Crippen LogP contribution in [0.2, 0.25) is 5.02 Å². The molecule has 0 aromatic carbocycles. The van der Waals surface area contributed by atoms with Gasteiger partial charge in [0.25, 0.3) is 5.91 Å². The van der Waals surface area contributed by atoms with E-state index in [0.29, 0.717) is 22.4 Å². The molecule has 0 aliphatic carbocycles. The van der Waals surface area contributed by atoms with Crippen molar-refractivity contribution in [2.24, 2.45) is 0 Å². The van der Waals surface area contributed by atoms with Crippen molar-refractivity contribution in [3.05, 3.63) is 59.0 Å². The van der Waals surface area contributed by atoms with Gasteiger partial charge in [-0.1, -0.05) is 17.7 Å². The summed E-state index contributed by atoms with van der Waals surface area (Å²) < 4.78 is 0. The van der Waals surface area contributed by atoms with E-state index >= 15 is 0 Å². The maximum absolute atomic E-state index is 11.0. The van der Waals surface area contributed by atoms with E-state index in [-0.39, 0.29) is 37.2 Å². The SMILES string of the molecule is Cl.Cl.Cl.O=C(C=Cc1cnc(NC2CCN(Cc3ccccn3)CC2)c(Cl)c1)NO. The Balaban J connectivity index is 0.00000280. The lowest BCUT2D eigenvalue weighted by molar-refractivity contribution is -0.124. The molecule has 166 valence electrons. The lowest BCUT2D eigenvalue weighted by Crippen LogP contribution is -2.39. The minimum atomic E-state index is -0.606. The van der Waals surface area contributed by atoms with Gasteiger partial charge in [-0.25, -0.2) is 10.5 Å². The quantitative estimate of drug-likeness (QED) is 0.318. The summed E-state index contributed by atoms with van der Waals surface area (Å²) in [6.45, 7) is 2.85. The van der Waals surface area contributed by atoms with E-state index in [1.165, 1.54) is 17.6 Å². The Morgan fingerprint density at radius 2 is 1.97 bits per heavy atom. The average Bonchev–Trinajstić information content (AvgIpc) is 2.70. The summed E-state index contributed by atoms with van der Waals surface area (Å²) in [6.07, 6.45) is 8.20. The van der Waals surface area contributed by atoms with E-state index < -0.39 is 5.91 Å². The van der Waals surface area contributed by atoms with E-state index in [1.807, 2.05) is 24.4 Å². The molecule has 3 heterocycles. The highest BCUT2D eigenvalue weighted by atomic mass is 35.5. The molecule has 1 aliphatic heterocycles. The molecular formula is C19H25Cl4N5O2. The van der Waals surface area contributed by atoms with Crippen LogP contribution >= 0.6 is 48.8 Å². The highest BCUT2D eigenvalue weighted by Gasteiger charge is 2.20. The van der Waals surface area contributed by atoms with Crippen LogP contribution in [0.25, 0.3) is 6.08 Å². The van der Waals surface area contributed by atoms with Gasteiger partial charge in [-0.2, -0.15) is 0 Å². The number of aromatic nitrogens is 2. The van der Waals surface area contributed by atoms with Crippen LogP contribution in [-0.4, -0.2) is 45.1 Å². The standard InChI is InChI=1S/C19H22ClN5O2.3ClH/c20-17-11-14(4-5-18(26)24-27)12-22-19(17)23-15-6-9-25(10-7-15)13-16-3-1-2-8-21-16;;;/h1-5,8,11-12,15,27H,6-7,9-10,13H2,(H,22,23)(H,24,26);3*1H. The molecule has 2 aromatic heterocycles. The first-order chi connectivity index (χ1) is 13.1. The zero-order chi connectivity index (χ0) is 19.1. The molecule has 30 heavy (non-hydrogen) atoms. The Morgan fingerprint density at radius 1 is 1.23 bits per heavy atom. The van der Waals surface area contributed by atoms with Gasteiger partial charge in [0.1, 0.15) is 5.82 Å². The van der Waals surface area contributed by atoms with Crippen molar-refractivity contribution in [2.45, 2.75) is 25.4 Å². The predicted molar refractivity (Wildman–Crippen MR) is 126 cm³/mol. The van der Waals surface area contributed by atoms with E-state index in [0.717, 1.165) is 38.2 Å². The van der Waals surface area contributed by atoms with Crippen LogP contribution in [0.15, 0.2) is 42.7 Å². The average molecular weight is 497 g/mol. The summed E-state index contributed by atoms with van der Waals surface area (Å²) >= 11 is 6.31. The summed E-state index contributed by atoms with van der Waals surface area (Å²) in [7, 11) is 0. The van der Waals surface area contributed by atoms with Gasteiger partial charge in [0.05, 0.1) is 10.7 Å². The second kappa shape index (κ2) is 14.4. The summed E-state index contributed by atoms with van der Waals surface area (Å²) in [5.41, 5.74) is 3.30. The van der Waals surface area contributed by atoms with Crippen molar-refractivity contribution in [1.29, 1.82) is 0 Å². The van der Waals surface area contributed by atoms with Gasteiger partial charge in [0, 0.05) is 44.1 Å². The number of hydrogen-bond donors (Lipinski definition) is 3. The van der Waals surface area contributed by atoms with Crippen molar-refractivity contribution in [3.63, 3.8) is 0 Å². The molecule has 11 heteroatoms. The van der Waals surface area contributed by atoms with E-state index in [1.54, 1.807) is 12.3 Å². The van der Waals surface area contributed by atoms with E-state index in [9.17, 15) is 4.79 Å². The van der Waals surface area contributed by atoms with Crippen molar-refractivity contribution in [1.82, 2.24) is 20.3 Å². The van der Waals surface area contributed by atoms with Crippen LogP contribution in [0, 0.1) is 0 Å². The Kier molecular flexibility index (Phi) is 13.6. The normalized spacial score (nSPS) is 14.2. The highest BCUT2D eigenvalue weighted by molar-refractivity contribution is 6.33. The molecule has 0 atom stereocenters. The zero-order valence-electron chi connectivity index (χ0n) is 16.0. The number of likely N-dealkylation sites (tertiary alicyclic amines) is 1. The van der Waals surface area contributed by atoms with Crippen molar-refractivity contribution >= 4 is 66.6 Å². The summed E-state index contributed by atoms with van der Waals surface area (Å²) in [6, 6.07) is 8.04. The second-order valence-corrected chi connectivity index (χ2v) is 6.83. The number of nitrogens with one attached hydrogen (secondary N) is 2. The Bertz CT molecular complexity index is 803. The molecule has 3 rings (SSSR count). The first-order valence-corrected chi connectivity index (χ1v) is 9.18. The summed E-state index contributed by atoms with van der Waals surface area (Å²) in [4.78, 5) is 22.2. The van der Waals surface area contributed by atoms with Crippen molar-refractivity contribution in [3.8, 4) is 0 Å². The van der Waals surface area contributed by atoms with Crippen molar-refractivity contribution < 1.29 is 10.0 Å². The zero-order valence-corrected chi connectivity index (χ0v) is 19.2.